The van der Waals surface area contributed by atoms with E-state index in [4.69, 9.17) is 14.0 Å². The van der Waals surface area contributed by atoms with Gasteiger partial charge in [0.05, 0.1) is 22.9 Å². The van der Waals surface area contributed by atoms with Gasteiger partial charge in [-0.05, 0) is 53.0 Å². The SMILES string of the molecule is CC1(C)OB(c2cnc(NC[C@H]3CCCCO3)c(C#N)c2)OC1(C)C. The third kappa shape index (κ3) is 3.81. The maximum absolute atomic E-state index is 9.49. The summed E-state index contributed by atoms with van der Waals surface area (Å²) in [6.45, 7) is 9.50. The van der Waals surface area contributed by atoms with E-state index in [-0.39, 0.29) is 6.10 Å². The molecule has 3 rings (SSSR count). The Labute approximate surface area is 150 Å². The van der Waals surface area contributed by atoms with Crippen LogP contribution in [0.2, 0.25) is 0 Å². The largest absolute Gasteiger partial charge is 0.496 e. The van der Waals surface area contributed by atoms with Crippen LogP contribution >= 0.6 is 0 Å². The van der Waals surface area contributed by atoms with Crippen LogP contribution in [0.1, 0.15) is 52.5 Å². The standard InChI is InChI=1S/C18H26BN3O3/c1-17(2)18(3,4)25-19(24-17)14-9-13(10-20)16(21-11-14)22-12-15-7-5-6-8-23-15/h9,11,15H,5-8,12H2,1-4H3,(H,21,22)/t15-/m1/s1. The zero-order valence-corrected chi connectivity index (χ0v) is 15.5. The van der Waals surface area contributed by atoms with Gasteiger partial charge in [-0.15, -0.1) is 0 Å². The van der Waals surface area contributed by atoms with Gasteiger partial charge in [-0.2, -0.15) is 5.26 Å². The van der Waals surface area contributed by atoms with Crippen molar-refractivity contribution >= 4 is 18.4 Å². The Hall–Kier alpha value is -1.62. The molecule has 0 bridgehead atoms. The second kappa shape index (κ2) is 6.95. The quantitative estimate of drug-likeness (QED) is 0.845. The molecule has 1 atom stereocenters. The zero-order chi connectivity index (χ0) is 18.1. The lowest BCUT2D eigenvalue weighted by molar-refractivity contribution is 0.00578. The first-order valence-corrected chi connectivity index (χ1v) is 8.93. The minimum Gasteiger partial charge on any atom is -0.399 e. The van der Waals surface area contributed by atoms with Gasteiger partial charge >= 0.3 is 7.12 Å². The van der Waals surface area contributed by atoms with E-state index >= 15 is 0 Å². The molecule has 1 N–H and O–H groups in total. The third-order valence-corrected chi connectivity index (χ3v) is 5.33. The van der Waals surface area contributed by atoms with E-state index in [0.29, 0.717) is 17.9 Å². The highest BCUT2D eigenvalue weighted by Crippen LogP contribution is 2.36. The van der Waals surface area contributed by atoms with E-state index < -0.39 is 18.3 Å². The molecule has 2 fully saturated rings. The molecule has 2 aliphatic heterocycles. The highest BCUT2D eigenvalue weighted by Gasteiger charge is 2.51. The maximum atomic E-state index is 9.49. The normalized spacial score (nSPS) is 24.8. The minimum atomic E-state index is -0.514. The number of nitrogens with one attached hydrogen (secondary N) is 1. The summed E-state index contributed by atoms with van der Waals surface area (Å²) in [5.74, 6) is 0.581. The monoisotopic (exact) mass is 343 g/mol. The molecule has 7 heteroatoms. The Balaban J connectivity index is 1.71. The fourth-order valence-corrected chi connectivity index (χ4v) is 2.99. The van der Waals surface area contributed by atoms with Crippen LogP contribution in [0.15, 0.2) is 12.3 Å². The molecule has 0 saturated carbocycles. The van der Waals surface area contributed by atoms with Crippen molar-refractivity contribution in [1.29, 1.82) is 5.26 Å². The van der Waals surface area contributed by atoms with Crippen molar-refractivity contribution in [3.63, 3.8) is 0 Å². The highest BCUT2D eigenvalue weighted by molar-refractivity contribution is 6.62. The summed E-state index contributed by atoms with van der Waals surface area (Å²) in [6, 6.07) is 4.00. The molecular weight excluding hydrogens is 317 g/mol. The molecule has 2 aliphatic rings. The van der Waals surface area contributed by atoms with Crippen LogP contribution in [0.25, 0.3) is 0 Å². The molecule has 0 spiro atoms. The summed E-state index contributed by atoms with van der Waals surface area (Å²) in [5, 5.41) is 12.7. The Morgan fingerprint density at radius 2 is 2.00 bits per heavy atom. The maximum Gasteiger partial charge on any atom is 0.496 e. The number of nitriles is 1. The average molecular weight is 343 g/mol. The summed E-state index contributed by atoms with van der Waals surface area (Å²) in [5.41, 5.74) is 0.414. The number of anilines is 1. The summed E-state index contributed by atoms with van der Waals surface area (Å²) < 4.78 is 17.8. The van der Waals surface area contributed by atoms with E-state index in [9.17, 15) is 5.26 Å². The molecule has 134 valence electrons. The van der Waals surface area contributed by atoms with Crippen LogP contribution in [-0.2, 0) is 14.0 Å². The number of rotatable bonds is 4. The summed E-state index contributed by atoms with van der Waals surface area (Å²) >= 11 is 0. The van der Waals surface area contributed by atoms with Crippen LogP contribution in [0.5, 0.6) is 0 Å². The lowest BCUT2D eigenvalue weighted by atomic mass is 9.79. The first-order valence-electron chi connectivity index (χ1n) is 8.93. The molecule has 0 amide bonds. The molecule has 1 aromatic rings. The minimum absolute atomic E-state index is 0.185. The lowest BCUT2D eigenvalue weighted by Gasteiger charge is -2.32. The Morgan fingerprint density at radius 1 is 1.28 bits per heavy atom. The second-order valence-electron chi connectivity index (χ2n) is 7.73. The van der Waals surface area contributed by atoms with Gasteiger partial charge in [-0.1, -0.05) is 0 Å². The Morgan fingerprint density at radius 3 is 2.60 bits per heavy atom. The number of hydrogen-bond donors (Lipinski definition) is 1. The molecule has 6 nitrogen and oxygen atoms in total. The molecule has 1 aromatic heterocycles. The van der Waals surface area contributed by atoms with Crippen molar-refractivity contribution < 1.29 is 14.0 Å². The molecule has 25 heavy (non-hydrogen) atoms. The zero-order valence-electron chi connectivity index (χ0n) is 15.5. The van der Waals surface area contributed by atoms with Gasteiger partial charge in [0, 0.05) is 24.8 Å². The fourth-order valence-electron chi connectivity index (χ4n) is 2.99. The predicted octanol–water partition coefficient (Wildman–Crippen LogP) is 2.23. The lowest BCUT2D eigenvalue weighted by Crippen LogP contribution is -2.41. The van der Waals surface area contributed by atoms with E-state index in [2.05, 4.69) is 16.4 Å². The van der Waals surface area contributed by atoms with Crippen LogP contribution in [0.4, 0.5) is 5.82 Å². The topological polar surface area (TPSA) is 76.4 Å². The highest BCUT2D eigenvalue weighted by atomic mass is 16.7. The van der Waals surface area contributed by atoms with Crippen molar-refractivity contribution in [2.75, 3.05) is 18.5 Å². The van der Waals surface area contributed by atoms with Gasteiger partial charge < -0.3 is 19.4 Å². The van der Waals surface area contributed by atoms with Gasteiger partial charge in [-0.3, -0.25) is 0 Å². The second-order valence-corrected chi connectivity index (χ2v) is 7.73. The number of pyridine rings is 1. The summed E-state index contributed by atoms with van der Waals surface area (Å²) in [6.07, 6.45) is 5.26. The van der Waals surface area contributed by atoms with Gasteiger partial charge in [0.1, 0.15) is 11.9 Å². The summed E-state index contributed by atoms with van der Waals surface area (Å²) in [4.78, 5) is 4.42. The average Bonchev–Trinajstić information content (AvgIpc) is 2.81. The van der Waals surface area contributed by atoms with Gasteiger partial charge in [0.25, 0.3) is 0 Å². The first kappa shape index (κ1) is 18.2. The van der Waals surface area contributed by atoms with E-state index in [0.717, 1.165) is 24.9 Å². The molecular formula is C18H26BN3O3. The number of ether oxygens (including phenoxy) is 1. The first-order chi connectivity index (χ1) is 11.8. The van der Waals surface area contributed by atoms with Crippen LogP contribution in [0, 0.1) is 11.3 Å². The van der Waals surface area contributed by atoms with Crippen molar-refractivity contribution in [3.8, 4) is 6.07 Å². The third-order valence-electron chi connectivity index (χ3n) is 5.33. The number of nitrogens with zero attached hydrogens (tertiary/aromatic N) is 2. The van der Waals surface area contributed by atoms with Gasteiger partial charge in [0.15, 0.2) is 0 Å². The van der Waals surface area contributed by atoms with Crippen LogP contribution in [-0.4, -0.2) is 42.6 Å². The molecule has 3 heterocycles. The van der Waals surface area contributed by atoms with Crippen molar-refractivity contribution in [3.05, 3.63) is 17.8 Å². The van der Waals surface area contributed by atoms with Crippen LogP contribution in [0.3, 0.4) is 0 Å². The van der Waals surface area contributed by atoms with Gasteiger partial charge in [-0.25, -0.2) is 4.98 Å². The summed E-state index contributed by atoms with van der Waals surface area (Å²) in [7, 11) is -0.514. The van der Waals surface area contributed by atoms with E-state index in [1.165, 1.54) is 6.42 Å². The van der Waals surface area contributed by atoms with Crippen LogP contribution < -0.4 is 10.8 Å². The van der Waals surface area contributed by atoms with Crippen molar-refractivity contribution in [1.82, 2.24) is 4.98 Å². The smallest absolute Gasteiger partial charge is 0.399 e. The number of hydrogen-bond acceptors (Lipinski definition) is 6. The molecule has 2 saturated heterocycles. The van der Waals surface area contributed by atoms with Crippen molar-refractivity contribution in [2.45, 2.75) is 64.3 Å². The fraction of sp³-hybridized carbons (Fsp3) is 0.667. The molecule has 0 aromatic carbocycles. The predicted molar refractivity (Wildman–Crippen MR) is 96.7 cm³/mol. The van der Waals surface area contributed by atoms with E-state index in [1.54, 1.807) is 12.3 Å². The molecule has 0 radical (unpaired) electrons. The number of aromatic nitrogens is 1. The Bertz CT molecular complexity index is 650. The molecule has 0 unspecified atom stereocenters. The van der Waals surface area contributed by atoms with E-state index in [1.807, 2.05) is 27.7 Å². The van der Waals surface area contributed by atoms with Gasteiger partial charge in [0.2, 0.25) is 0 Å². The van der Waals surface area contributed by atoms with Crippen molar-refractivity contribution in [2.24, 2.45) is 0 Å². The molecule has 0 aliphatic carbocycles. The Kier molecular flexibility index (Phi) is 5.05.